The number of hydrogen-bond acceptors (Lipinski definition) is 3. The molecule has 0 spiro atoms. The molecule has 2 aromatic rings. The first-order chi connectivity index (χ1) is 11.8. The van der Waals surface area contributed by atoms with Gasteiger partial charge < -0.3 is 10.1 Å². The van der Waals surface area contributed by atoms with Gasteiger partial charge in [-0.3, -0.25) is 4.79 Å². The lowest BCUT2D eigenvalue weighted by Crippen LogP contribution is -2.23. The molecule has 1 amide bonds. The summed E-state index contributed by atoms with van der Waals surface area (Å²) in [7, 11) is 0. The van der Waals surface area contributed by atoms with Crippen molar-refractivity contribution < 1.29 is 22.7 Å². The molecule has 3 rings (SSSR count). The molecule has 5 nitrogen and oxygen atoms in total. The van der Waals surface area contributed by atoms with Gasteiger partial charge in [-0.2, -0.15) is 18.3 Å². The lowest BCUT2D eigenvalue weighted by Gasteiger charge is -2.11. The minimum absolute atomic E-state index is 0.200. The number of alkyl halides is 3. The number of halogens is 3. The molecule has 1 aromatic heterocycles. The molecule has 0 atom stereocenters. The highest BCUT2D eigenvalue weighted by atomic mass is 19.4. The summed E-state index contributed by atoms with van der Waals surface area (Å²) in [5.41, 5.74) is 0.0902. The summed E-state index contributed by atoms with van der Waals surface area (Å²) >= 11 is 0. The Hall–Kier alpha value is -2.51. The van der Waals surface area contributed by atoms with Gasteiger partial charge >= 0.3 is 6.18 Å². The molecule has 1 heterocycles. The third kappa shape index (κ3) is 4.52. The van der Waals surface area contributed by atoms with Gasteiger partial charge in [0.05, 0.1) is 11.8 Å². The van der Waals surface area contributed by atoms with Crippen LogP contribution in [0, 0.1) is 12.8 Å². The molecule has 1 fully saturated rings. The number of hydrogen-bond donors (Lipinski definition) is 1. The number of amides is 1. The van der Waals surface area contributed by atoms with Gasteiger partial charge in [-0.1, -0.05) is 0 Å². The van der Waals surface area contributed by atoms with E-state index in [0.29, 0.717) is 11.7 Å². The molecule has 1 saturated carbocycles. The molecule has 1 aliphatic rings. The standard InChI is InChI=1S/C17H18F3N3O2/c1-11-8-21-23(9-12-2-3-12)16(11)22-15(24)10-25-14-6-4-13(5-7-14)17(18,19)20/h4-8,12H,2-3,9-10H2,1H3,(H,22,24). The van der Waals surface area contributed by atoms with Crippen molar-refractivity contribution in [1.29, 1.82) is 0 Å². The molecule has 0 aliphatic heterocycles. The van der Waals surface area contributed by atoms with Crippen LogP contribution in [-0.2, 0) is 17.5 Å². The summed E-state index contributed by atoms with van der Waals surface area (Å²) in [6.07, 6.45) is -0.366. The molecular formula is C17H18F3N3O2. The highest BCUT2D eigenvalue weighted by Gasteiger charge is 2.30. The summed E-state index contributed by atoms with van der Waals surface area (Å²) in [6, 6.07) is 4.22. The van der Waals surface area contributed by atoms with Gasteiger partial charge in [0.15, 0.2) is 6.61 Å². The Morgan fingerprint density at radius 2 is 2.00 bits per heavy atom. The zero-order chi connectivity index (χ0) is 18.0. The Bertz CT molecular complexity index is 749. The number of carbonyl (C=O) groups excluding carboxylic acids is 1. The fraction of sp³-hybridized carbons (Fsp3) is 0.412. The van der Waals surface area contributed by atoms with Gasteiger partial charge in [-0.15, -0.1) is 0 Å². The first kappa shape index (κ1) is 17.3. The number of aromatic nitrogens is 2. The lowest BCUT2D eigenvalue weighted by molar-refractivity contribution is -0.137. The summed E-state index contributed by atoms with van der Waals surface area (Å²) in [5, 5.41) is 7.01. The van der Waals surface area contributed by atoms with E-state index < -0.39 is 11.7 Å². The molecular weight excluding hydrogens is 335 g/mol. The maximum atomic E-state index is 12.5. The van der Waals surface area contributed by atoms with Gasteiger partial charge in [0.2, 0.25) is 0 Å². The number of ether oxygens (including phenoxy) is 1. The average Bonchev–Trinajstić information content (AvgIpc) is 3.32. The molecule has 1 N–H and O–H groups in total. The number of anilines is 1. The van der Waals surface area contributed by atoms with Gasteiger partial charge in [0.1, 0.15) is 11.6 Å². The minimum atomic E-state index is -4.40. The second-order valence-corrected chi connectivity index (χ2v) is 6.16. The molecule has 0 unspecified atom stereocenters. The maximum Gasteiger partial charge on any atom is 0.416 e. The van der Waals surface area contributed by atoms with Crippen LogP contribution in [0.15, 0.2) is 30.5 Å². The maximum absolute atomic E-state index is 12.5. The smallest absolute Gasteiger partial charge is 0.416 e. The minimum Gasteiger partial charge on any atom is -0.484 e. The second kappa shape index (κ2) is 6.78. The number of aryl methyl sites for hydroxylation is 1. The highest BCUT2D eigenvalue weighted by molar-refractivity contribution is 5.91. The van der Waals surface area contributed by atoms with E-state index in [-0.39, 0.29) is 18.3 Å². The number of benzene rings is 1. The molecule has 25 heavy (non-hydrogen) atoms. The number of carbonyl (C=O) groups is 1. The van der Waals surface area contributed by atoms with Crippen molar-refractivity contribution in [2.24, 2.45) is 5.92 Å². The number of rotatable bonds is 6. The molecule has 8 heteroatoms. The molecule has 0 bridgehead atoms. The zero-order valence-corrected chi connectivity index (χ0v) is 13.6. The third-order valence-corrected chi connectivity index (χ3v) is 3.96. The van der Waals surface area contributed by atoms with Crippen molar-refractivity contribution in [2.45, 2.75) is 32.5 Å². The van der Waals surface area contributed by atoms with Crippen LogP contribution in [0.2, 0.25) is 0 Å². The Morgan fingerprint density at radius 1 is 1.32 bits per heavy atom. The quantitative estimate of drug-likeness (QED) is 0.863. The molecule has 1 aromatic carbocycles. The Labute approximate surface area is 142 Å². The largest absolute Gasteiger partial charge is 0.484 e. The van der Waals surface area contributed by atoms with Crippen LogP contribution in [0.25, 0.3) is 0 Å². The van der Waals surface area contributed by atoms with Gasteiger partial charge in [-0.25, -0.2) is 4.68 Å². The summed E-state index contributed by atoms with van der Waals surface area (Å²) in [6.45, 7) is 2.32. The van der Waals surface area contributed by atoms with E-state index in [9.17, 15) is 18.0 Å². The van der Waals surface area contributed by atoms with Crippen molar-refractivity contribution in [3.63, 3.8) is 0 Å². The van der Waals surface area contributed by atoms with E-state index in [1.807, 2.05) is 6.92 Å². The van der Waals surface area contributed by atoms with Crippen LogP contribution < -0.4 is 10.1 Å². The van der Waals surface area contributed by atoms with E-state index in [1.54, 1.807) is 10.9 Å². The van der Waals surface area contributed by atoms with Crippen LogP contribution in [0.4, 0.5) is 19.0 Å². The van der Waals surface area contributed by atoms with Crippen LogP contribution in [0.1, 0.15) is 24.0 Å². The van der Waals surface area contributed by atoms with Crippen LogP contribution in [0.5, 0.6) is 5.75 Å². The van der Waals surface area contributed by atoms with Gasteiger partial charge in [0.25, 0.3) is 5.91 Å². The van der Waals surface area contributed by atoms with Gasteiger partial charge in [-0.05, 0) is 49.9 Å². The first-order valence-corrected chi connectivity index (χ1v) is 7.95. The van der Waals surface area contributed by atoms with Crippen LogP contribution in [0.3, 0.4) is 0 Å². The summed E-state index contributed by atoms with van der Waals surface area (Å²) < 4.78 is 44.5. The predicted molar refractivity (Wildman–Crippen MR) is 85.3 cm³/mol. The van der Waals surface area contributed by atoms with Crippen molar-refractivity contribution in [2.75, 3.05) is 11.9 Å². The molecule has 1 aliphatic carbocycles. The Kier molecular flexibility index (Phi) is 4.69. The Balaban J connectivity index is 1.55. The fourth-order valence-corrected chi connectivity index (χ4v) is 2.38. The van der Waals surface area contributed by atoms with Crippen molar-refractivity contribution >= 4 is 11.7 Å². The van der Waals surface area contributed by atoms with E-state index in [0.717, 1.165) is 24.2 Å². The van der Waals surface area contributed by atoms with Crippen LogP contribution in [-0.4, -0.2) is 22.3 Å². The monoisotopic (exact) mass is 353 g/mol. The van der Waals surface area contributed by atoms with Gasteiger partial charge in [0, 0.05) is 12.1 Å². The molecule has 0 radical (unpaired) electrons. The third-order valence-electron chi connectivity index (χ3n) is 3.96. The Morgan fingerprint density at radius 3 is 2.60 bits per heavy atom. The summed E-state index contributed by atoms with van der Waals surface area (Å²) in [4.78, 5) is 12.1. The average molecular weight is 353 g/mol. The highest BCUT2D eigenvalue weighted by Crippen LogP contribution is 2.32. The normalized spacial score (nSPS) is 14.4. The van der Waals surface area contributed by atoms with E-state index >= 15 is 0 Å². The second-order valence-electron chi connectivity index (χ2n) is 6.16. The van der Waals surface area contributed by atoms with Crippen LogP contribution >= 0.6 is 0 Å². The van der Waals surface area contributed by atoms with Crippen molar-refractivity contribution in [1.82, 2.24) is 9.78 Å². The predicted octanol–water partition coefficient (Wildman–Crippen LogP) is 3.64. The number of nitrogens with zero attached hydrogens (tertiary/aromatic N) is 2. The number of nitrogens with one attached hydrogen (secondary N) is 1. The van der Waals surface area contributed by atoms with Crippen molar-refractivity contribution in [3.05, 3.63) is 41.6 Å². The molecule has 134 valence electrons. The first-order valence-electron chi connectivity index (χ1n) is 7.95. The molecule has 0 saturated heterocycles. The topological polar surface area (TPSA) is 56.2 Å². The fourth-order valence-electron chi connectivity index (χ4n) is 2.38. The van der Waals surface area contributed by atoms with Crippen molar-refractivity contribution in [3.8, 4) is 5.75 Å². The SMILES string of the molecule is Cc1cnn(CC2CC2)c1NC(=O)COc1ccc(C(F)(F)F)cc1. The van der Waals surface area contributed by atoms with E-state index in [4.69, 9.17) is 4.74 Å². The zero-order valence-electron chi connectivity index (χ0n) is 13.6. The lowest BCUT2D eigenvalue weighted by atomic mass is 10.2. The van der Waals surface area contributed by atoms with E-state index in [2.05, 4.69) is 10.4 Å². The van der Waals surface area contributed by atoms with E-state index in [1.165, 1.54) is 25.0 Å². The summed E-state index contributed by atoms with van der Waals surface area (Å²) in [5.74, 6) is 1.05.